The van der Waals surface area contributed by atoms with Crippen molar-refractivity contribution in [1.29, 1.82) is 0 Å². The highest BCUT2D eigenvalue weighted by atomic mass is 35.5. The topological polar surface area (TPSA) is 69.6 Å². The first-order valence-electron chi connectivity index (χ1n) is 6.01. The number of nitrogens with zero attached hydrogens (tertiary/aromatic N) is 1. The van der Waals surface area contributed by atoms with E-state index in [1.54, 1.807) is 32.0 Å². The van der Waals surface area contributed by atoms with Gasteiger partial charge in [-0.25, -0.2) is 0 Å². The van der Waals surface area contributed by atoms with Crippen molar-refractivity contribution in [2.45, 2.75) is 26.0 Å². The van der Waals surface area contributed by atoms with Gasteiger partial charge in [0, 0.05) is 35.2 Å². The quantitative estimate of drug-likeness (QED) is 0.833. The highest BCUT2D eigenvalue weighted by Crippen LogP contribution is 2.29. The Kier molecular flexibility index (Phi) is 6.25. The Hall–Kier alpha value is -0.370. The van der Waals surface area contributed by atoms with Gasteiger partial charge in [-0.15, -0.1) is 0 Å². The fourth-order valence-electron chi connectivity index (χ4n) is 1.49. The van der Waals surface area contributed by atoms with Crippen LogP contribution in [0.4, 0.5) is 0 Å². The largest absolute Gasteiger partial charge is 0.387 e. The predicted octanol–water partition coefficient (Wildman–Crippen LogP) is 2.20. The summed E-state index contributed by atoms with van der Waals surface area (Å²) in [4.78, 5) is 0. The van der Waals surface area contributed by atoms with Crippen LogP contribution in [0.5, 0.6) is 0 Å². The smallest absolute Gasteiger partial charge is 0.279 e. The molecule has 0 fully saturated rings. The maximum Gasteiger partial charge on any atom is 0.279 e. The van der Waals surface area contributed by atoms with Gasteiger partial charge in [-0.2, -0.15) is 17.4 Å². The molecule has 0 aliphatic rings. The monoisotopic (exact) mass is 340 g/mol. The highest BCUT2D eigenvalue weighted by Gasteiger charge is 2.23. The number of benzene rings is 1. The molecule has 0 radical (unpaired) electrons. The molecule has 1 unspecified atom stereocenters. The van der Waals surface area contributed by atoms with Gasteiger partial charge in [-0.3, -0.25) is 0 Å². The number of aliphatic hydroxyl groups is 1. The summed E-state index contributed by atoms with van der Waals surface area (Å²) in [5.41, 5.74) is 0.311. The zero-order valence-electron chi connectivity index (χ0n) is 11.5. The molecule has 5 nitrogen and oxygen atoms in total. The van der Waals surface area contributed by atoms with Crippen LogP contribution in [0, 0.1) is 0 Å². The van der Waals surface area contributed by atoms with Crippen molar-refractivity contribution in [3.63, 3.8) is 0 Å². The third-order valence-corrected chi connectivity index (χ3v) is 5.27. The first-order valence-corrected chi connectivity index (χ1v) is 8.21. The second-order valence-corrected chi connectivity index (χ2v) is 7.24. The minimum atomic E-state index is -3.65. The lowest BCUT2D eigenvalue weighted by Crippen LogP contribution is -2.43. The molecule has 0 aliphatic carbocycles. The third kappa shape index (κ3) is 4.31. The van der Waals surface area contributed by atoms with Crippen LogP contribution in [0.2, 0.25) is 10.0 Å². The van der Waals surface area contributed by atoms with Gasteiger partial charge in [-0.1, -0.05) is 29.3 Å². The van der Waals surface area contributed by atoms with Gasteiger partial charge in [0.15, 0.2) is 0 Å². The molecule has 114 valence electrons. The van der Waals surface area contributed by atoms with Gasteiger partial charge in [0.05, 0.1) is 6.10 Å². The minimum Gasteiger partial charge on any atom is -0.387 e. The van der Waals surface area contributed by atoms with Crippen LogP contribution in [0.25, 0.3) is 0 Å². The molecule has 20 heavy (non-hydrogen) atoms. The summed E-state index contributed by atoms with van der Waals surface area (Å²) in [6.07, 6.45) is -1.12. The minimum absolute atomic E-state index is 0.187. The van der Waals surface area contributed by atoms with E-state index < -0.39 is 16.3 Å². The number of nitrogens with one attached hydrogen (secondary N) is 1. The summed E-state index contributed by atoms with van der Waals surface area (Å²) in [6.45, 7) is 3.30. The number of halogens is 2. The van der Waals surface area contributed by atoms with Crippen molar-refractivity contribution in [1.82, 2.24) is 9.03 Å². The van der Waals surface area contributed by atoms with Crippen LogP contribution in [0.3, 0.4) is 0 Å². The Morgan fingerprint density at radius 3 is 2.25 bits per heavy atom. The Morgan fingerprint density at radius 2 is 1.80 bits per heavy atom. The van der Waals surface area contributed by atoms with Gasteiger partial charge in [0.25, 0.3) is 10.2 Å². The Bertz CT molecular complexity index is 544. The summed E-state index contributed by atoms with van der Waals surface area (Å²) >= 11 is 11.9. The molecule has 0 aromatic heterocycles. The summed E-state index contributed by atoms with van der Waals surface area (Å²) < 4.78 is 27.3. The maximum atomic E-state index is 11.9. The molecule has 1 aromatic carbocycles. The molecule has 8 heteroatoms. The van der Waals surface area contributed by atoms with Crippen LogP contribution < -0.4 is 4.72 Å². The van der Waals surface area contributed by atoms with E-state index in [0.29, 0.717) is 15.6 Å². The van der Waals surface area contributed by atoms with E-state index in [2.05, 4.69) is 4.72 Å². The SMILES string of the molecule is CC(C)N(C)S(=O)(=O)NCC(O)c1c(Cl)cccc1Cl. The molecule has 0 aliphatic heterocycles. The molecule has 1 rings (SSSR count). The van der Waals surface area contributed by atoms with E-state index in [1.807, 2.05) is 0 Å². The average Bonchev–Trinajstić information content (AvgIpc) is 2.35. The van der Waals surface area contributed by atoms with E-state index >= 15 is 0 Å². The highest BCUT2D eigenvalue weighted by molar-refractivity contribution is 7.87. The lowest BCUT2D eigenvalue weighted by atomic mass is 10.1. The molecule has 0 bridgehead atoms. The number of aliphatic hydroxyl groups excluding tert-OH is 1. The fraction of sp³-hybridized carbons (Fsp3) is 0.500. The van der Waals surface area contributed by atoms with Gasteiger partial charge in [-0.05, 0) is 26.0 Å². The normalized spacial score (nSPS) is 14.0. The zero-order valence-corrected chi connectivity index (χ0v) is 13.8. The Labute approximate surface area is 129 Å². The summed E-state index contributed by atoms with van der Waals surface area (Å²) in [7, 11) is -2.19. The zero-order chi connectivity index (χ0) is 15.5. The maximum absolute atomic E-state index is 11.9. The second kappa shape index (κ2) is 7.06. The molecule has 0 amide bonds. The van der Waals surface area contributed by atoms with Crippen LogP contribution in [0.15, 0.2) is 18.2 Å². The van der Waals surface area contributed by atoms with Crippen LogP contribution in [0.1, 0.15) is 25.5 Å². The molecular weight excluding hydrogens is 323 g/mol. The Balaban J connectivity index is 2.80. The van der Waals surface area contributed by atoms with Crippen molar-refractivity contribution in [2.75, 3.05) is 13.6 Å². The molecule has 2 N–H and O–H groups in total. The van der Waals surface area contributed by atoms with Crippen molar-refractivity contribution in [2.24, 2.45) is 0 Å². The van der Waals surface area contributed by atoms with E-state index in [1.165, 1.54) is 11.4 Å². The first-order chi connectivity index (χ1) is 9.16. The Morgan fingerprint density at radius 1 is 1.30 bits per heavy atom. The summed E-state index contributed by atoms with van der Waals surface area (Å²) in [5, 5.41) is 10.6. The van der Waals surface area contributed by atoms with Gasteiger partial charge < -0.3 is 5.11 Å². The van der Waals surface area contributed by atoms with Gasteiger partial charge >= 0.3 is 0 Å². The van der Waals surface area contributed by atoms with Crippen LogP contribution in [-0.4, -0.2) is 37.5 Å². The molecule has 1 aromatic rings. The molecular formula is C12H18Cl2N2O3S. The van der Waals surface area contributed by atoms with E-state index in [4.69, 9.17) is 23.2 Å². The predicted molar refractivity (Wildman–Crippen MR) is 81.2 cm³/mol. The number of rotatable bonds is 6. The molecule has 0 saturated heterocycles. The standard InChI is InChI=1S/C12H18Cl2N2O3S/c1-8(2)16(3)20(18,19)15-7-11(17)12-9(13)5-4-6-10(12)14/h4-6,8,11,15,17H,7H2,1-3H3. The summed E-state index contributed by atoms with van der Waals surface area (Å²) in [6, 6.07) is 4.63. The molecule has 0 spiro atoms. The van der Waals surface area contributed by atoms with E-state index in [-0.39, 0.29) is 12.6 Å². The average molecular weight is 341 g/mol. The number of hydrogen-bond acceptors (Lipinski definition) is 3. The fourth-order valence-corrected chi connectivity index (χ4v) is 3.27. The third-order valence-electron chi connectivity index (χ3n) is 2.90. The van der Waals surface area contributed by atoms with Crippen molar-refractivity contribution >= 4 is 33.4 Å². The van der Waals surface area contributed by atoms with E-state index in [0.717, 1.165) is 0 Å². The van der Waals surface area contributed by atoms with Crippen molar-refractivity contribution in [3.05, 3.63) is 33.8 Å². The second-order valence-electron chi connectivity index (χ2n) is 4.61. The van der Waals surface area contributed by atoms with Crippen LogP contribution >= 0.6 is 23.2 Å². The first kappa shape index (κ1) is 17.7. The lowest BCUT2D eigenvalue weighted by molar-refractivity contribution is 0.181. The van der Waals surface area contributed by atoms with Gasteiger partial charge in [0.1, 0.15) is 0 Å². The lowest BCUT2D eigenvalue weighted by Gasteiger charge is -2.22. The van der Waals surface area contributed by atoms with Gasteiger partial charge in [0.2, 0.25) is 0 Å². The van der Waals surface area contributed by atoms with Crippen LogP contribution in [-0.2, 0) is 10.2 Å². The molecule has 1 atom stereocenters. The van der Waals surface area contributed by atoms with Crippen molar-refractivity contribution in [3.8, 4) is 0 Å². The number of hydrogen-bond donors (Lipinski definition) is 2. The molecule has 0 saturated carbocycles. The van der Waals surface area contributed by atoms with E-state index in [9.17, 15) is 13.5 Å². The van der Waals surface area contributed by atoms with Crippen molar-refractivity contribution < 1.29 is 13.5 Å². The molecule has 0 heterocycles. The summed E-state index contributed by atoms with van der Waals surface area (Å²) in [5.74, 6) is 0.